The molecule has 0 rings (SSSR count). The van der Waals surface area contributed by atoms with Gasteiger partial charge in [0.15, 0.2) is 0 Å². The standard InChI is InChI=1S/B.Cu.Fe.Nd.H4Si/h;;;;1H4. The first kappa shape index (κ1) is 47.8. The van der Waals surface area contributed by atoms with E-state index in [0.717, 1.165) is 0 Å². The Morgan fingerprint density at radius 2 is 1.00 bits per heavy atom. The number of rotatable bonds is 0. The number of hydrogen-bond acceptors (Lipinski definition) is 0. The van der Waals surface area contributed by atoms with Crippen LogP contribution in [0.4, 0.5) is 0 Å². The second kappa shape index (κ2) is 30.1. The molecule has 0 nitrogen and oxygen atoms in total. The Morgan fingerprint density at radius 3 is 1.00 bits per heavy atom. The van der Waals surface area contributed by atoms with Gasteiger partial charge in [0.25, 0.3) is 0 Å². The molecule has 0 spiro atoms. The average Bonchev–Trinajstić information content (AvgIpc) is 0. The molecule has 0 aromatic rings. The van der Waals surface area contributed by atoms with Gasteiger partial charge in [-0.1, -0.05) is 0 Å². The summed E-state index contributed by atoms with van der Waals surface area (Å²) < 4.78 is 0. The summed E-state index contributed by atoms with van der Waals surface area (Å²) in [7, 11) is 0. The molecule has 0 bridgehead atoms. The van der Waals surface area contributed by atoms with Crippen molar-refractivity contribution in [3.05, 3.63) is 0 Å². The van der Waals surface area contributed by atoms with E-state index in [0.29, 0.717) is 0 Å². The summed E-state index contributed by atoms with van der Waals surface area (Å²) in [5.74, 6) is 0. The first-order chi connectivity index (χ1) is 0. The summed E-state index contributed by atoms with van der Waals surface area (Å²) in [5.41, 5.74) is 0. The van der Waals surface area contributed by atoms with Crippen molar-refractivity contribution in [3.8, 4) is 0 Å². The zero-order valence-corrected chi connectivity index (χ0v) is 6.99. The molecule has 4 radical (unpaired) electrons. The molecule has 0 saturated carbocycles. The summed E-state index contributed by atoms with van der Waals surface area (Å²) in [6.07, 6.45) is 0. The second-order valence-electron chi connectivity index (χ2n) is 0. The van der Waals surface area contributed by atoms with Crippen molar-refractivity contribution in [2.45, 2.75) is 0 Å². The molecular formula is H4BCuFeNdSi. The van der Waals surface area contributed by atoms with E-state index in [1.165, 1.54) is 0 Å². The first-order valence-electron chi connectivity index (χ1n) is 0. The van der Waals surface area contributed by atoms with Gasteiger partial charge in [0, 0.05) is 83.4 Å². The minimum absolute atomic E-state index is 0. The van der Waals surface area contributed by atoms with Crippen molar-refractivity contribution in [2.24, 2.45) is 0 Å². The van der Waals surface area contributed by atoms with Gasteiger partial charge in [0.2, 0.25) is 0 Å². The molecule has 0 fully saturated rings. The maximum Gasteiger partial charge on any atom is 0 e. The smallest absolute Gasteiger partial charge is 0 e. The van der Waals surface area contributed by atoms with Gasteiger partial charge >= 0.3 is 0 Å². The topological polar surface area (TPSA) is 0 Å². The fourth-order valence-corrected chi connectivity index (χ4v) is 0. The second-order valence-corrected chi connectivity index (χ2v) is 0. The molecule has 0 aliphatic rings. The summed E-state index contributed by atoms with van der Waals surface area (Å²) in [5, 5.41) is 0. The van der Waals surface area contributed by atoms with Crippen LogP contribution < -0.4 is 0 Å². The van der Waals surface area contributed by atoms with Gasteiger partial charge < -0.3 is 0 Å². The molecule has 0 atom stereocenters. The predicted molar refractivity (Wildman–Crippen MR) is 17.1 cm³/mol. The maximum absolute atomic E-state index is 0. The number of hydrogen-bond donors (Lipinski definition) is 0. The van der Waals surface area contributed by atoms with E-state index in [2.05, 4.69) is 0 Å². The summed E-state index contributed by atoms with van der Waals surface area (Å²) in [6, 6.07) is 0. The van der Waals surface area contributed by atoms with E-state index in [4.69, 9.17) is 0 Å². The third-order valence-electron chi connectivity index (χ3n) is 0. The van der Waals surface area contributed by atoms with Crippen LogP contribution in [-0.2, 0) is 34.1 Å². The van der Waals surface area contributed by atoms with E-state index < -0.39 is 0 Å². The maximum atomic E-state index is 0. The van der Waals surface area contributed by atoms with Gasteiger partial charge in [-0.3, -0.25) is 0 Å². The summed E-state index contributed by atoms with van der Waals surface area (Å²) in [6.45, 7) is 0. The third kappa shape index (κ3) is 20.4. The van der Waals surface area contributed by atoms with Crippen LogP contribution in [0.5, 0.6) is 0 Å². The molecule has 0 aliphatic carbocycles. The zero-order chi connectivity index (χ0) is 0. The van der Waals surface area contributed by atoms with Crippen LogP contribution in [0.15, 0.2) is 0 Å². The third-order valence-corrected chi connectivity index (χ3v) is 0. The molecule has 0 saturated heterocycles. The molecule has 0 aliphatic heterocycles. The van der Waals surface area contributed by atoms with Crippen molar-refractivity contribution in [2.75, 3.05) is 0 Å². The fourth-order valence-electron chi connectivity index (χ4n) is 0. The predicted octanol–water partition coefficient (Wildman–Crippen LogP) is -1.84. The molecule has 0 aromatic carbocycles. The molecule has 0 heterocycles. The van der Waals surface area contributed by atoms with Crippen LogP contribution >= 0.6 is 0 Å². The van der Waals surface area contributed by atoms with Crippen molar-refractivity contribution in [1.29, 1.82) is 0 Å². The fraction of sp³-hybridized carbons (Fsp3) is 0. The minimum atomic E-state index is 0. The SMILES string of the molecule is [B].[Cu].[Fe].[Nd].[SiH4]. The Kier molecular flexibility index (Phi) is 288. The molecule has 5 heavy (non-hydrogen) atoms. The van der Waals surface area contributed by atoms with Gasteiger partial charge in [-0.25, -0.2) is 0 Å². The molecular weight excluding hydrogens is 303 g/mol. The van der Waals surface area contributed by atoms with Crippen LogP contribution in [0, 0.1) is 40.8 Å². The van der Waals surface area contributed by atoms with Gasteiger partial charge in [-0.2, -0.15) is 0 Å². The van der Waals surface area contributed by atoms with Crippen LogP contribution in [0.2, 0.25) is 0 Å². The largest absolute Gasteiger partial charge is 0.0149 e. The molecule has 5 heteroatoms. The van der Waals surface area contributed by atoms with Crippen molar-refractivity contribution < 1.29 is 75.0 Å². The molecule has 0 unspecified atom stereocenters. The molecule has 0 amide bonds. The van der Waals surface area contributed by atoms with E-state index in [1.807, 2.05) is 0 Å². The summed E-state index contributed by atoms with van der Waals surface area (Å²) >= 11 is 0. The Morgan fingerprint density at radius 1 is 1.00 bits per heavy atom. The van der Waals surface area contributed by atoms with Crippen LogP contribution in [0.1, 0.15) is 0 Å². The normalized spacial score (nSPS) is 0. The van der Waals surface area contributed by atoms with Gasteiger partial charge in [0.1, 0.15) is 0 Å². The van der Waals surface area contributed by atoms with Crippen molar-refractivity contribution in [1.82, 2.24) is 0 Å². The average molecular weight is 307 g/mol. The molecule has 0 aromatic heterocycles. The Balaban J connectivity index is 0. The van der Waals surface area contributed by atoms with Gasteiger partial charge in [0.05, 0.1) is 0 Å². The van der Waals surface area contributed by atoms with Crippen molar-refractivity contribution in [3.63, 3.8) is 0 Å². The van der Waals surface area contributed by atoms with Crippen molar-refractivity contribution >= 4 is 19.4 Å². The molecule has 0 N–H and O–H groups in total. The van der Waals surface area contributed by atoms with E-state index in [9.17, 15) is 0 Å². The van der Waals surface area contributed by atoms with E-state index in [-0.39, 0.29) is 94.4 Å². The van der Waals surface area contributed by atoms with E-state index in [1.54, 1.807) is 0 Å². The van der Waals surface area contributed by atoms with Crippen LogP contribution in [-0.4, -0.2) is 19.4 Å². The Hall–Kier alpha value is 2.67. The first-order valence-corrected chi connectivity index (χ1v) is 0. The zero-order valence-electron chi connectivity index (χ0n) is 1.73. The van der Waals surface area contributed by atoms with E-state index >= 15 is 0 Å². The van der Waals surface area contributed by atoms with Gasteiger partial charge in [-0.05, 0) is 11.0 Å². The van der Waals surface area contributed by atoms with Crippen LogP contribution in [0.25, 0.3) is 0 Å². The van der Waals surface area contributed by atoms with Crippen LogP contribution in [0.3, 0.4) is 0 Å². The summed E-state index contributed by atoms with van der Waals surface area (Å²) in [4.78, 5) is 0. The molecule has 34 valence electrons. The van der Waals surface area contributed by atoms with Gasteiger partial charge in [-0.15, -0.1) is 0 Å². The minimum Gasteiger partial charge on any atom is -0.0149 e. The monoisotopic (exact) mass is 304 g/mol. The quantitative estimate of drug-likeness (QED) is 0.462. The Labute approximate surface area is 92.7 Å². The Bertz CT molecular complexity index is 11.6.